The Morgan fingerprint density at radius 3 is 2.29 bits per heavy atom. The molecule has 3 aromatic rings. The van der Waals surface area contributed by atoms with E-state index in [2.05, 4.69) is 10.6 Å². The zero-order valence-electron chi connectivity index (χ0n) is 19.2. The average Bonchev–Trinajstić information content (AvgIpc) is 3.18. The predicted octanol–water partition coefficient (Wildman–Crippen LogP) is 4.27. The van der Waals surface area contributed by atoms with E-state index in [1.165, 1.54) is 64.7 Å². The number of anilines is 2. The molecule has 0 bridgehead atoms. The van der Waals surface area contributed by atoms with Gasteiger partial charge in [-0.05, 0) is 36.8 Å². The lowest BCUT2D eigenvalue weighted by Gasteiger charge is -2.10. The molecule has 0 unspecified atom stereocenters. The average molecular weight is 500 g/mol. The molecule has 12 heteroatoms. The fraction of sp³-hybridized carbons (Fsp3) is 0.174. The van der Waals surface area contributed by atoms with E-state index in [9.17, 15) is 24.5 Å². The molecule has 0 aliphatic rings. The highest BCUT2D eigenvalue weighted by atomic mass is 32.1. The number of benzene rings is 2. The highest BCUT2D eigenvalue weighted by molar-refractivity contribution is 7.19. The summed E-state index contributed by atoms with van der Waals surface area (Å²) in [7, 11) is 4.08. The van der Waals surface area contributed by atoms with E-state index in [0.29, 0.717) is 11.5 Å². The standard InChI is InChI=1S/C23H21N3O8S/c1-12-18(23(29)34-4)22(25-20(27)13-8-9-16(32-2)17(10-13)33-3)35-19(12)21(28)24-14-6-5-7-15(11-14)26(30)31/h5-11H,1-4H3,(H,24,28)(H,25,27). The van der Waals surface area contributed by atoms with Gasteiger partial charge >= 0.3 is 5.97 Å². The maximum atomic E-state index is 12.9. The summed E-state index contributed by atoms with van der Waals surface area (Å²) in [5.41, 5.74) is 0.548. The van der Waals surface area contributed by atoms with E-state index >= 15 is 0 Å². The summed E-state index contributed by atoms with van der Waals surface area (Å²) in [5.74, 6) is -1.12. The molecule has 11 nitrogen and oxygen atoms in total. The molecule has 35 heavy (non-hydrogen) atoms. The molecule has 1 aromatic heterocycles. The Hall–Kier alpha value is -4.45. The molecule has 2 aromatic carbocycles. The third kappa shape index (κ3) is 5.38. The molecule has 0 fully saturated rings. The number of methoxy groups -OCH3 is 3. The van der Waals surface area contributed by atoms with E-state index in [1.54, 1.807) is 6.07 Å². The third-order valence-electron chi connectivity index (χ3n) is 4.93. The zero-order chi connectivity index (χ0) is 25.7. The van der Waals surface area contributed by atoms with Gasteiger partial charge in [0.15, 0.2) is 11.5 Å². The lowest BCUT2D eigenvalue weighted by atomic mass is 10.1. The van der Waals surface area contributed by atoms with Crippen LogP contribution in [-0.4, -0.2) is 44.0 Å². The number of carbonyl (C=O) groups excluding carboxylic acids is 3. The largest absolute Gasteiger partial charge is 0.493 e. The lowest BCUT2D eigenvalue weighted by Crippen LogP contribution is -2.14. The molecule has 1 heterocycles. The Bertz CT molecular complexity index is 1320. The second-order valence-electron chi connectivity index (χ2n) is 7.04. The van der Waals surface area contributed by atoms with Crippen molar-refractivity contribution in [3.8, 4) is 11.5 Å². The first kappa shape index (κ1) is 25.2. The summed E-state index contributed by atoms with van der Waals surface area (Å²) >= 11 is 0.874. The minimum Gasteiger partial charge on any atom is -0.493 e. The molecule has 3 rings (SSSR count). The van der Waals surface area contributed by atoms with Gasteiger partial charge < -0.3 is 24.8 Å². The number of nitrogens with zero attached hydrogens (tertiary/aromatic N) is 1. The van der Waals surface area contributed by atoms with E-state index in [-0.39, 0.29) is 37.9 Å². The van der Waals surface area contributed by atoms with Crippen molar-refractivity contribution in [1.29, 1.82) is 0 Å². The number of ether oxygens (including phenoxy) is 3. The molecule has 0 atom stereocenters. The number of hydrogen-bond acceptors (Lipinski definition) is 9. The number of esters is 1. The number of non-ortho nitro benzene ring substituents is 1. The van der Waals surface area contributed by atoms with Gasteiger partial charge in [0.05, 0.1) is 36.7 Å². The molecular formula is C23H21N3O8S. The number of rotatable bonds is 8. The Labute approximate surface area is 203 Å². The molecule has 0 radical (unpaired) electrons. The monoisotopic (exact) mass is 499 g/mol. The van der Waals surface area contributed by atoms with Crippen molar-refractivity contribution in [2.24, 2.45) is 0 Å². The van der Waals surface area contributed by atoms with Crippen molar-refractivity contribution in [2.45, 2.75) is 6.92 Å². The van der Waals surface area contributed by atoms with Gasteiger partial charge in [0.25, 0.3) is 17.5 Å². The van der Waals surface area contributed by atoms with E-state index < -0.39 is 22.7 Å². The number of carbonyl (C=O) groups is 3. The van der Waals surface area contributed by atoms with Crippen LogP contribution in [0.5, 0.6) is 11.5 Å². The van der Waals surface area contributed by atoms with E-state index in [4.69, 9.17) is 14.2 Å². The van der Waals surface area contributed by atoms with Crippen molar-refractivity contribution in [2.75, 3.05) is 32.0 Å². The van der Waals surface area contributed by atoms with Crippen molar-refractivity contribution in [3.05, 3.63) is 74.1 Å². The topological polar surface area (TPSA) is 146 Å². The highest BCUT2D eigenvalue weighted by Crippen LogP contribution is 2.35. The van der Waals surface area contributed by atoms with Gasteiger partial charge in [-0.15, -0.1) is 11.3 Å². The van der Waals surface area contributed by atoms with Crippen LogP contribution >= 0.6 is 11.3 Å². The smallest absolute Gasteiger partial charge is 0.341 e. The first-order valence-corrected chi connectivity index (χ1v) is 10.8. The van der Waals surface area contributed by atoms with Gasteiger partial charge in [0, 0.05) is 23.4 Å². The maximum Gasteiger partial charge on any atom is 0.341 e. The first-order valence-electron chi connectivity index (χ1n) is 10.0. The Kier molecular flexibility index (Phi) is 7.66. The van der Waals surface area contributed by atoms with Gasteiger partial charge in [-0.1, -0.05) is 6.07 Å². The third-order valence-corrected chi connectivity index (χ3v) is 6.14. The number of thiophene rings is 1. The van der Waals surface area contributed by atoms with Crippen LogP contribution in [0, 0.1) is 17.0 Å². The van der Waals surface area contributed by atoms with Crippen LogP contribution in [0.25, 0.3) is 0 Å². The number of nitrogens with one attached hydrogen (secondary N) is 2. The Morgan fingerprint density at radius 2 is 1.66 bits per heavy atom. The molecule has 2 amide bonds. The molecular weight excluding hydrogens is 478 g/mol. The summed E-state index contributed by atoms with van der Waals surface area (Å²) in [4.78, 5) is 48.9. The zero-order valence-corrected chi connectivity index (χ0v) is 20.0. The molecule has 182 valence electrons. The van der Waals surface area contributed by atoms with Crippen LogP contribution in [0.15, 0.2) is 42.5 Å². The first-order chi connectivity index (χ1) is 16.7. The van der Waals surface area contributed by atoms with Crippen LogP contribution in [0.2, 0.25) is 0 Å². The molecule has 2 N–H and O–H groups in total. The van der Waals surface area contributed by atoms with Crippen molar-refractivity contribution < 1.29 is 33.5 Å². The highest BCUT2D eigenvalue weighted by Gasteiger charge is 2.27. The molecule has 0 aliphatic carbocycles. The Balaban J connectivity index is 1.93. The van der Waals surface area contributed by atoms with Crippen LogP contribution in [0.3, 0.4) is 0 Å². The minimum atomic E-state index is -0.740. The van der Waals surface area contributed by atoms with Crippen LogP contribution in [-0.2, 0) is 4.74 Å². The summed E-state index contributed by atoms with van der Waals surface area (Å²) < 4.78 is 15.2. The normalized spacial score (nSPS) is 10.3. The number of hydrogen-bond donors (Lipinski definition) is 2. The molecule has 0 saturated carbocycles. The Morgan fingerprint density at radius 1 is 0.943 bits per heavy atom. The van der Waals surface area contributed by atoms with Gasteiger partial charge in [-0.2, -0.15) is 0 Å². The fourth-order valence-corrected chi connectivity index (χ4v) is 4.29. The van der Waals surface area contributed by atoms with Gasteiger partial charge in [-0.3, -0.25) is 19.7 Å². The summed E-state index contributed by atoms with van der Waals surface area (Å²) in [6.07, 6.45) is 0. The lowest BCUT2D eigenvalue weighted by molar-refractivity contribution is -0.384. The van der Waals surface area contributed by atoms with Crippen molar-refractivity contribution in [3.63, 3.8) is 0 Å². The summed E-state index contributed by atoms with van der Waals surface area (Å²) in [6.45, 7) is 1.54. The fourth-order valence-electron chi connectivity index (χ4n) is 3.20. The number of nitro benzene ring substituents is 1. The van der Waals surface area contributed by atoms with Crippen molar-refractivity contribution in [1.82, 2.24) is 0 Å². The predicted molar refractivity (Wildman–Crippen MR) is 129 cm³/mol. The summed E-state index contributed by atoms with van der Waals surface area (Å²) in [5, 5.41) is 16.3. The van der Waals surface area contributed by atoms with Gasteiger partial charge in [0.1, 0.15) is 5.00 Å². The van der Waals surface area contributed by atoms with E-state index in [1.807, 2.05) is 0 Å². The van der Waals surface area contributed by atoms with Crippen LogP contribution in [0.4, 0.5) is 16.4 Å². The van der Waals surface area contributed by atoms with Crippen LogP contribution < -0.4 is 20.1 Å². The second-order valence-corrected chi connectivity index (χ2v) is 8.06. The van der Waals surface area contributed by atoms with Gasteiger partial charge in [-0.25, -0.2) is 4.79 Å². The van der Waals surface area contributed by atoms with E-state index in [0.717, 1.165) is 11.3 Å². The quantitative estimate of drug-likeness (QED) is 0.265. The van der Waals surface area contributed by atoms with Crippen LogP contribution in [0.1, 0.15) is 36.0 Å². The number of amides is 2. The molecule has 0 spiro atoms. The minimum absolute atomic E-state index is 0.0236. The summed E-state index contributed by atoms with van der Waals surface area (Å²) in [6, 6.07) is 9.99. The second kappa shape index (κ2) is 10.7. The molecule has 0 aliphatic heterocycles. The SMILES string of the molecule is COC(=O)c1c(NC(=O)c2ccc(OC)c(OC)c2)sc(C(=O)Nc2cccc([N+](=O)[O-])c2)c1C. The maximum absolute atomic E-state index is 12.9. The van der Waals surface area contributed by atoms with Gasteiger partial charge in [0.2, 0.25) is 0 Å². The number of nitro groups is 1. The molecule has 0 saturated heterocycles. The van der Waals surface area contributed by atoms with Crippen molar-refractivity contribution >= 4 is 45.5 Å².